The summed E-state index contributed by atoms with van der Waals surface area (Å²) in [6, 6.07) is 13.7. The zero-order valence-electron chi connectivity index (χ0n) is 14.1. The van der Waals surface area contributed by atoms with Gasteiger partial charge in [-0.3, -0.25) is 14.4 Å². The number of nitrogens with zero attached hydrogens (tertiary/aromatic N) is 1. The summed E-state index contributed by atoms with van der Waals surface area (Å²) >= 11 is 0. The smallest absolute Gasteiger partial charge is 0.329 e. The third kappa shape index (κ3) is 5.75. The third-order valence-corrected chi connectivity index (χ3v) is 3.24. The van der Waals surface area contributed by atoms with Crippen molar-refractivity contribution in [3.05, 3.63) is 59.7 Å². The fourth-order valence-electron chi connectivity index (χ4n) is 1.91. The Labute approximate surface area is 150 Å². The van der Waals surface area contributed by atoms with Crippen molar-refractivity contribution in [3.8, 4) is 5.75 Å². The minimum atomic E-state index is -0.883. The minimum absolute atomic E-state index is 0.209. The number of hydrogen-bond acceptors (Lipinski definition) is 5. The lowest BCUT2D eigenvalue weighted by atomic mass is 10.2. The molecule has 2 aromatic rings. The number of anilines is 1. The van der Waals surface area contributed by atoms with E-state index in [1.165, 1.54) is 6.21 Å². The van der Waals surface area contributed by atoms with E-state index in [2.05, 4.69) is 15.8 Å². The third-order valence-electron chi connectivity index (χ3n) is 3.24. The summed E-state index contributed by atoms with van der Waals surface area (Å²) in [5.41, 5.74) is 9.20. The standard InChI is InChI=1S/C18H18N4O4/c1-12-4-2-3-5-15(12)21-17(24)18(25)22-20-10-13-6-8-14(9-7-13)26-11-16(19)23/h2-10H,11H2,1H3,(H2,19,23)(H,21,24)(H,22,25)/b20-10-. The first-order chi connectivity index (χ1) is 12.5. The number of hydrazone groups is 1. The van der Waals surface area contributed by atoms with Crippen molar-refractivity contribution in [1.82, 2.24) is 5.43 Å². The largest absolute Gasteiger partial charge is 0.484 e. The number of hydrogen-bond donors (Lipinski definition) is 3. The number of aryl methyl sites for hydroxylation is 1. The van der Waals surface area contributed by atoms with E-state index in [1.54, 1.807) is 36.4 Å². The maximum atomic E-state index is 11.8. The Morgan fingerprint density at radius 1 is 1.08 bits per heavy atom. The molecule has 0 fully saturated rings. The van der Waals surface area contributed by atoms with E-state index in [1.807, 2.05) is 19.1 Å². The fraction of sp³-hybridized carbons (Fsp3) is 0.111. The minimum Gasteiger partial charge on any atom is -0.484 e. The summed E-state index contributed by atoms with van der Waals surface area (Å²) in [6.45, 7) is 1.61. The van der Waals surface area contributed by atoms with Gasteiger partial charge in [-0.25, -0.2) is 5.43 Å². The van der Waals surface area contributed by atoms with Gasteiger partial charge in [-0.2, -0.15) is 5.10 Å². The van der Waals surface area contributed by atoms with Gasteiger partial charge >= 0.3 is 11.8 Å². The summed E-state index contributed by atoms with van der Waals surface area (Å²) in [5, 5.41) is 6.24. The normalized spacial score (nSPS) is 10.3. The molecule has 0 radical (unpaired) electrons. The molecule has 0 aliphatic carbocycles. The number of benzene rings is 2. The average molecular weight is 354 g/mol. The number of rotatable bonds is 6. The molecule has 0 saturated carbocycles. The highest BCUT2D eigenvalue weighted by Gasteiger charge is 2.13. The van der Waals surface area contributed by atoms with Crippen LogP contribution in [0.2, 0.25) is 0 Å². The molecule has 134 valence electrons. The molecule has 26 heavy (non-hydrogen) atoms. The second-order valence-electron chi connectivity index (χ2n) is 5.29. The van der Waals surface area contributed by atoms with E-state index in [-0.39, 0.29) is 6.61 Å². The molecule has 2 rings (SSSR count). The van der Waals surface area contributed by atoms with Gasteiger partial charge in [-0.15, -0.1) is 0 Å². The van der Waals surface area contributed by atoms with Gasteiger partial charge in [0.05, 0.1) is 6.21 Å². The molecule has 0 spiro atoms. The van der Waals surface area contributed by atoms with Crippen LogP contribution in [0, 0.1) is 6.92 Å². The van der Waals surface area contributed by atoms with E-state index in [4.69, 9.17) is 10.5 Å². The van der Waals surface area contributed by atoms with Crippen molar-refractivity contribution in [2.24, 2.45) is 10.8 Å². The first kappa shape index (κ1) is 18.7. The average Bonchev–Trinajstić information content (AvgIpc) is 2.62. The van der Waals surface area contributed by atoms with Crippen molar-refractivity contribution in [2.45, 2.75) is 6.92 Å². The molecule has 0 aromatic heterocycles. The maximum Gasteiger partial charge on any atom is 0.329 e. The quantitative estimate of drug-likeness (QED) is 0.406. The fourth-order valence-corrected chi connectivity index (χ4v) is 1.91. The number of carbonyl (C=O) groups is 3. The van der Waals surface area contributed by atoms with E-state index < -0.39 is 17.7 Å². The van der Waals surface area contributed by atoms with Gasteiger partial charge < -0.3 is 15.8 Å². The van der Waals surface area contributed by atoms with Crippen molar-refractivity contribution in [1.29, 1.82) is 0 Å². The van der Waals surface area contributed by atoms with Crippen molar-refractivity contribution in [2.75, 3.05) is 11.9 Å². The number of primary amides is 1. The molecule has 3 amide bonds. The lowest BCUT2D eigenvalue weighted by molar-refractivity contribution is -0.136. The molecule has 0 saturated heterocycles. The molecular formula is C18H18N4O4. The van der Waals surface area contributed by atoms with Crippen molar-refractivity contribution >= 4 is 29.6 Å². The summed E-state index contributed by atoms with van der Waals surface area (Å²) in [7, 11) is 0. The monoisotopic (exact) mass is 354 g/mol. The van der Waals surface area contributed by atoms with Crippen LogP contribution in [-0.4, -0.2) is 30.5 Å². The van der Waals surface area contributed by atoms with Crippen LogP contribution in [0.25, 0.3) is 0 Å². The number of ether oxygens (including phenoxy) is 1. The summed E-state index contributed by atoms with van der Waals surface area (Å²) in [5.74, 6) is -1.79. The Morgan fingerprint density at radius 2 is 1.77 bits per heavy atom. The number of carbonyl (C=O) groups excluding carboxylic acids is 3. The van der Waals surface area contributed by atoms with Gasteiger partial charge in [0.1, 0.15) is 5.75 Å². The van der Waals surface area contributed by atoms with Gasteiger partial charge in [0.2, 0.25) is 0 Å². The summed E-state index contributed by atoms with van der Waals surface area (Å²) in [4.78, 5) is 34.2. The number of nitrogens with one attached hydrogen (secondary N) is 2. The first-order valence-electron chi connectivity index (χ1n) is 7.67. The number of amides is 3. The van der Waals surface area contributed by atoms with Gasteiger partial charge in [0.15, 0.2) is 6.61 Å². The van der Waals surface area contributed by atoms with Gasteiger partial charge in [0, 0.05) is 5.69 Å². The second kappa shape index (κ2) is 8.97. The lowest BCUT2D eigenvalue weighted by Gasteiger charge is -2.06. The Hall–Kier alpha value is -3.68. The van der Waals surface area contributed by atoms with Gasteiger partial charge in [-0.05, 0) is 48.4 Å². The Bertz CT molecular complexity index is 831. The first-order valence-corrected chi connectivity index (χ1v) is 7.67. The van der Waals surface area contributed by atoms with Crippen LogP contribution in [0.5, 0.6) is 5.75 Å². The zero-order valence-corrected chi connectivity index (χ0v) is 14.1. The van der Waals surface area contributed by atoms with Crippen LogP contribution < -0.4 is 21.2 Å². The molecule has 8 heteroatoms. The van der Waals surface area contributed by atoms with Crippen molar-refractivity contribution in [3.63, 3.8) is 0 Å². The summed E-state index contributed by atoms with van der Waals surface area (Å²) in [6.07, 6.45) is 1.37. The number of para-hydroxylation sites is 1. The molecular weight excluding hydrogens is 336 g/mol. The predicted octanol–water partition coefficient (Wildman–Crippen LogP) is 0.948. The molecule has 4 N–H and O–H groups in total. The topological polar surface area (TPSA) is 123 Å². The van der Waals surface area contributed by atoms with Crippen LogP contribution in [0.3, 0.4) is 0 Å². The highest BCUT2D eigenvalue weighted by atomic mass is 16.5. The summed E-state index contributed by atoms with van der Waals surface area (Å²) < 4.78 is 5.12. The SMILES string of the molecule is Cc1ccccc1NC(=O)C(=O)N/N=C\c1ccc(OCC(N)=O)cc1. The van der Waals surface area contributed by atoms with Crippen molar-refractivity contribution < 1.29 is 19.1 Å². The van der Waals surface area contributed by atoms with Gasteiger partial charge in [-0.1, -0.05) is 18.2 Å². The molecule has 0 aliphatic heterocycles. The maximum absolute atomic E-state index is 11.8. The van der Waals surface area contributed by atoms with E-state index >= 15 is 0 Å². The van der Waals surface area contributed by atoms with Crippen LogP contribution in [-0.2, 0) is 14.4 Å². The predicted molar refractivity (Wildman–Crippen MR) is 96.7 cm³/mol. The Balaban J connectivity index is 1.85. The molecule has 0 aliphatic rings. The highest BCUT2D eigenvalue weighted by Crippen LogP contribution is 2.13. The Morgan fingerprint density at radius 3 is 2.42 bits per heavy atom. The van der Waals surface area contributed by atoms with E-state index in [9.17, 15) is 14.4 Å². The van der Waals surface area contributed by atoms with E-state index in [0.717, 1.165) is 5.56 Å². The molecule has 2 aromatic carbocycles. The molecule has 0 unspecified atom stereocenters. The zero-order chi connectivity index (χ0) is 18.9. The van der Waals surface area contributed by atoms with Crippen LogP contribution in [0.4, 0.5) is 5.69 Å². The lowest BCUT2D eigenvalue weighted by Crippen LogP contribution is -2.32. The molecule has 8 nitrogen and oxygen atoms in total. The Kier molecular flexibility index (Phi) is 6.44. The second-order valence-corrected chi connectivity index (χ2v) is 5.29. The molecule has 0 heterocycles. The van der Waals surface area contributed by atoms with Crippen LogP contribution >= 0.6 is 0 Å². The highest BCUT2D eigenvalue weighted by molar-refractivity contribution is 6.39. The van der Waals surface area contributed by atoms with E-state index in [0.29, 0.717) is 17.0 Å². The van der Waals surface area contributed by atoms with Crippen LogP contribution in [0.15, 0.2) is 53.6 Å². The molecule has 0 atom stereocenters. The van der Waals surface area contributed by atoms with Gasteiger partial charge in [0.25, 0.3) is 5.91 Å². The van der Waals surface area contributed by atoms with Crippen LogP contribution in [0.1, 0.15) is 11.1 Å². The number of nitrogens with two attached hydrogens (primary N) is 1. The molecule has 0 bridgehead atoms.